The number of nitrogens with zero attached hydrogens (tertiary/aromatic N) is 1. The molecule has 0 radical (unpaired) electrons. The van der Waals surface area contributed by atoms with Crippen LogP contribution >= 0.6 is 11.6 Å². The van der Waals surface area contributed by atoms with Gasteiger partial charge in [-0.05, 0) is 25.0 Å². The number of carbonyl (C=O) groups is 2. The van der Waals surface area contributed by atoms with Crippen molar-refractivity contribution in [1.29, 1.82) is 0 Å². The lowest BCUT2D eigenvalue weighted by Crippen LogP contribution is -2.28. The first-order valence-corrected chi connectivity index (χ1v) is 7.95. The highest BCUT2D eigenvalue weighted by Gasteiger charge is 2.28. The van der Waals surface area contributed by atoms with E-state index in [1.807, 2.05) is 13.8 Å². The van der Waals surface area contributed by atoms with E-state index in [0.29, 0.717) is 17.0 Å². The Kier molecular flexibility index (Phi) is 5.62. The Morgan fingerprint density at radius 2 is 1.88 bits per heavy atom. The maximum Gasteiger partial charge on any atom is 0.341 e. The van der Waals surface area contributed by atoms with E-state index in [1.54, 1.807) is 31.2 Å². The van der Waals surface area contributed by atoms with Gasteiger partial charge in [-0.2, -0.15) is 0 Å². The van der Waals surface area contributed by atoms with E-state index >= 15 is 0 Å². The normalized spacial score (nSPS) is 12.2. The number of nitrogens with one attached hydrogen (secondary N) is 1. The lowest BCUT2D eigenvalue weighted by molar-refractivity contribution is -0.122. The Balaban J connectivity index is 2.33. The second kappa shape index (κ2) is 7.49. The topological polar surface area (TPSA) is 92.4 Å². The van der Waals surface area contributed by atoms with E-state index in [4.69, 9.17) is 16.1 Å². The summed E-state index contributed by atoms with van der Waals surface area (Å²) in [7, 11) is 0. The van der Waals surface area contributed by atoms with Crippen molar-refractivity contribution in [1.82, 2.24) is 10.5 Å². The third-order valence-electron chi connectivity index (χ3n) is 3.41. The second-order valence-electron chi connectivity index (χ2n) is 5.97. The fourth-order valence-corrected chi connectivity index (χ4v) is 2.47. The largest absolute Gasteiger partial charge is 0.477 e. The lowest BCUT2D eigenvalue weighted by atomic mass is 10.0. The zero-order valence-corrected chi connectivity index (χ0v) is 14.4. The molecular formula is C17H19ClN2O4. The van der Waals surface area contributed by atoms with Crippen LogP contribution in [0.1, 0.15) is 49.4 Å². The van der Waals surface area contributed by atoms with Crippen molar-refractivity contribution in [2.75, 3.05) is 0 Å². The third-order valence-corrected chi connectivity index (χ3v) is 3.67. The maximum atomic E-state index is 11.9. The molecule has 1 aromatic carbocycles. The van der Waals surface area contributed by atoms with Gasteiger partial charge in [0.1, 0.15) is 11.3 Å². The van der Waals surface area contributed by atoms with Crippen LogP contribution in [0, 0.1) is 5.92 Å². The first-order valence-electron chi connectivity index (χ1n) is 7.57. The minimum absolute atomic E-state index is 0.0605. The van der Waals surface area contributed by atoms with Crippen molar-refractivity contribution < 1.29 is 19.2 Å². The minimum atomic E-state index is -1.17. The molecule has 0 spiro atoms. The highest BCUT2D eigenvalue weighted by molar-refractivity contribution is 6.30. The molecule has 2 aromatic rings. The van der Waals surface area contributed by atoms with Gasteiger partial charge in [0.2, 0.25) is 5.91 Å². The van der Waals surface area contributed by atoms with E-state index in [1.165, 1.54) is 0 Å². The fraction of sp³-hybridized carbons (Fsp3) is 0.353. The molecule has 0 aliphatic heterocycles. The first-order chi connectivity index (χ1) is 11.3. The Morgan fingerprint density at radius 1 is 1.25 bits per heavy atom. The van der Waals surface area contributed by atoms with Crippen LogP contribution in [0.25, 0.3) is 11.3 Å². The summed E-state index contributed by atoms with van der Waals surface area (Å²) < 4.78 is 5.23. The quantitative estimate of drug-likeness (QED) is 0.823. The summed E-state index contributed by atoms with van der Waals surface area (Å²) in [5, 5.41) is 16.7. The Hall–Kier alpha value is -2.34. The monoisotopic (exact) mass is 350 g/mol. The highest BCUT2D eigenvalue weighted by atomic mass is 35.5. The second-order valence-corrected chi connectivity index (χ2v) is 6.41. The number of carbonyl (C=O) groups excluding carboxylic acids is 1. The third kappa shape index (κ3) is 4.14. The maximum absolute atomic E-state index is 11.9. The number of hydrogen-bond donors (Lipinski definition) is 2. The number of benzene rings is 1. The Morgan fingerprint density at radius 3 is 2.42 bits per heavy atom. The number of halogens is 1. The summed E-state index contributed by atoms with van der Waals surface area (Å²) in [5.74, 6) is -1.01. The molecule has 1 unspecified atom stereocenters. The van der Waals surface area contributed by atoms with Gasteiger partial charge in [-0.3, -0.25) is 4.79 Å². The van der Waals surface area contributed by atoms with Crippen LogP contribution in [0.2, 0.25) is 5.02 Å². The number of carboxylic acids is 1. The van der Waals surface area contributed by atoms with Gasteiger partial charge in [0.05, 0.1) is 6.04 Å². The standard InChI is InChI=1S/C17H19ClN2O4/c1-9(2)8-13(21)19-10(3)16-14(17(22)23)15(20-24-16)11-4-6-12(18)7-5-11/h4-7,9-10H,8H2,1-3H3,(H,19,21)(H,22,23). The van der Waals surface area contributed by atoms with Crippen LogP contribution in [0.3, 0.4) is 0 Å². The molecule has 1 atom stereocenters. The molecule has 128 valence electrons. The van der Waals surface area contributed by atoms with Crippen LogP contribution in [-0.2, 0) is 4.79 Å². The predicted molar refractivity (Wildman–Crippen MR) is 89.9 cm³/mol. The predicted octanol–water partition coefficient (Wildman–Crippen LogP) is 3.92. The molecule has 0 saturated carbocycles. The summed E-state index contributed by atoms with van der Waals surface area (Å²) in [6.45, 7) is 5.52. The minimum Gasteiger partial charge on any atom is -0.477 e. The van der Waals surface area contributed by atoms with Crippen molar-refractivity contribution in [2.24, 2.45) is 5.92 Å². The number of aromatic carboxylic acids is 1. The van der Waals surface area contributed by atoms with Gasteiger partial charge in [-0.15, -0.1) is 0 Å². The average Bonchev–Trinajstić information content (AvgIpc) is 2.92. The zero-order chi connectivity index (χ0) is 17.9. The molecule has 7 heteroatoms. The van der Waals surface area contributed by atoms with Gasteiger partial charge in [0, 0.05) is 17.0 Å². The van der Waals surface area contributed by atoms with Gasteiger partial charge >= 0.3 is 5.97 Å². The molecule has 1 amide bonds. The van der Waals surface area contributed by atoms with Crippen molar-refractivity contribution >= 4 is 23.5 Å². The van der Waals surface area contributed by atoms with E-state index in [-0.39, 0.29) is 28.8 Å². The number of amides is 1. The average molecular weight is 351 g/mol. The summed E-state index contributed by atoms with van der Waals surface area (Å²) in [4.78, 5) is 23.6. The molecule has 0 bridgehead atoms. The Labute approximate surface area is 144 Å². The van der Waals surface area contributed by atoms with Crippen molar-refractivity contribution in [3.8, 4) is 11.3 Å². The number of carboxylic acid groups (broad SMARTS) is 1. The highest BCUT2D eigenvalue weighted by Crippen LogP contribution is 2.30. The summed E-state index contributed by atoms with van der Waals surface area (Å²) in [6, 6.07) is 6.02. The molecule has 2 N–H and O–H groups in total. The van der Waals surface area contributed by atoms with Crippen LogP contribution in [0.5, 0.6) is 0 Å². The molecule has 24 heavy (non-hydrogen) atoms. The summed E-state index contributed by atoms with van der Waals surface area (Å²) >= 11 is 5.85. The molecule has 0 aliphatic rings. The van der Waals surface area contributed by atoms with Gasteiger partial charge in [-0.1, -0.05) is 42.7 Å². The van der Waals surface area contributed by atoms with E-state index < -0.39 is 12.0 Å². The molecule has 6 nitrogen and oxygen atoms in total. The molecule has 1 heterocycles. The van der Waals surface area contributed by atoms with Gasteiger partial charge < -0.3 is 14.9 Å². The molecular weight excluding hydrogens is 332 g/mol. The van der Waals surface area contributed by atoms with Gasteiger partial charge in [-0.25, -0.2) is 4.79 Å². The van der Waals surface area contributed by atoms with Crippen LogP contribution in [0.4, 0.5) is 0 Å². The number of rotatable bonds is 6. The van der Waals surface area contributed by atoms with Crippen molar-refractivity contribution in [3.05, 3.63) is 40.6 Å². The molecule has 2 rings (SSSR count). The van der Waals surface area contributed by atoms with Crippen molar-refractivity contribution in [3.63, 3.8) is 0 Å². The van der Waals surface area contributed by atoms with Crippen molar-refractivity contribution in [2.45, 2.75) is 33.2 Å². The van der Waals surface area contributed by atoms with E-state index in [2.05, 4.69) is 10.5 Å². The number of aromatic nitrogens is 1. The zero-order valence-electron chi connectivity index (χ0n) is 13.7. The summed E-state index contributed by atoms with van der Waals surface area (Å²) in [6.07, 6.45) is 0.352. The Bertz CT molecular complexity index is 738. The van der Waals surface area contributed by atoms with Crippen LogP contribution in [-0.4, -0.2) is 22.1 Å². The smallest absolute Gasteiger partial charge is 0.341 e. The molecule has 0 saturated heterocycles. The lowest BCUT2D eigenvalue weighted by Gasteiger charge is -2.13. The van der Waals surface area contributed by atoms with Crippen LogP contribution < -0.4 is 5.32 Å². The van der Waals surface area contributed by atoms with Gasteiger partial charge in [0.25, 0.3) is 0 Å². The van der Waals surface area contributed by atoms with Gasteiger partial charge in [0.15, 0.2) is 5.76 Å². The fourth-order valence-electron chi connectivity index (χ4n) is 2.35. The SMILES string of the molecule is CC(C)CC(=O)NC(C)c1onc(-c2ccc(Cl)cc2)c1C(=O)O. The molecule has 0 fully saturated rings. The van der Waals surface area contributed by atoms with E-state index in [9.17, 15) is 14.7 Å². The van der Waals surface area contributed by atoms with Crippen LogP contribution in [0.15, 0.2) is 28.8 Å². The molecule has 1 aromatic heterocycles. The van der Waals surface area contributed by atoms with E-state index in [0.717, 1.165) is 0 Å². The molecule has 0 aliphatic carbocycles. The first kappa shape index (κ1) is 18.0. The number of hydrogen-bond acceptors (Lipinski definition) is 4. The summed E-state index contributed by atoms with van der Waals surface area (Å²) in [5.41, 5.74) is 0.723.